The first-order chi connectivity index (χ1) is 9.92. The van der Waals surface area contributed by atoms with Crippen LogP contribution in [0, 0.1) is 5.92 Å². The van der Waals surface area contributed by atoms with E-state index in [1.165, 1.54) is 32.8 Å². The quantitative estimate of drug-likeness (QED) is 0.700. The summed E-state index contributed by atoms with van der Waals surface area (Å²) < 4.78 is 4.99. The number of ether oxygens (including phenoxy) is 1. The summed E-state index contributed by atoms with van der Waals surface area (Å²) in [5.41, 5.74) is -0.570. The van der Waals surface area contributed by atoms with Gasteiger partial charge in [0.2, 0.25) is 0 Å². The van der Waals surface area contributed by atoms with Crippen molar-refractivity contribution in [3.63, 3.8) is 0 Å². The van der Waals surface area contributed by atoms with Crippen LogP contribution >= 0.6 is 0 Å². The molecule has 0 aliphatic heterocycles. The van der Waals surface area contributed by atoms with Crippen molar-refractivity contribution in [2.45, 2.75) is 70.9 Å². The number of carbonyl (C=O) groups excluding carboxylic acids is 1. The molecule has 0 amide bonds. The van der Waals surface area contributed by atoms with Crippen LogP contribution in [0.3, 0.4) is 0 Å². The summed E-state index contributed by atoms with van der Waals surface area (Å²) in [6.07, 6.45) is 7.08. The molecule has 3 unspecified atom stereocenters. The molecule has 4 heteroatoms. The minimum atomic E-state index is -0.570. The number of methoxy groups -OCH3 is 1. The van der Waals surface area contributed by atoms with Crippen LogP contribution in [0.4, 0.5) is 0 Å². The first-order valence-electron chi connectivity index (χ1n) is 8.46. The Labute approximate surface area is 130 Å². The lowest BCUT2D eigenvalue weighted by Gasteiger charge is -2.36. The molecule has 1 rings (SSSR count). The second-order valence-corrected chi connectivity index (χ2v) is 6.91. The fourth-order valence-corrected chi connectivity index (χ4v) is 3.27. The standard InChI is InChI=1S/C17H34N2O2/c1-6-11-18-17(3,16(20)21-5)10-12-19(4)15-9-7-8-14(2)13-15/h14-15,18H,6-13H2,1-5H3. The van der Waals surface area contributed by atoms with Crippen LogP contribution in [0.2, 0.25) is 0 Å². The first kappa shape index (κ1) is 18.4. The minimum Gasteiger partial charge on any atom is -0.468 e. The number of nitrogens with one attached hydrogen (secondary N) is 1. The molecule has 0 saturated heterocycles. The van der Waals surface area contributed by atoms with Gasteiger partial charge in [-0.3, -0.25) is 4.79 Å². The van der Waals surface area contributed by atoms with Gasteiger partial charge in [-0.1, -0.05) is 26.7 Å². The van der Waals surface area contributed by atoms with Gasteiger partial charge >= 0.3 is 5.97 Å². The number of nitrogens with zero attached hydrogens (tertiary/aromatic N) is 1. The number of carbonyl (C=O) groups is 1. The molecule has 1 aliphatic rings. The lowest BCUT2D eigenvalue weighted by molar-refractivity contribution is -0.148. The fourth-order valence-electron chi connectivity index (χ4n) is 3.27. The van der Waals surface area contributed by atoms with Crippen molar-refractivity contribution in [2.75, 3.05) is 27.2 Å². The summed E-state index contributed by atoms with van der Waals surface area (Å²) in [5, 5.41) is 3.36. The second-order valence-electron chi connectivity index (χ2n) is 6.91. The normalized spacial score (nSPS) is 25.6. The summed E-state index contributed by atoms with van der Waals surface area (Å²) in [7, 11) is 3.67. The highest BCUT2D eigenvalue weighted by atomic mass is 16.5. The minimum absolute atomic E-state index is 0.152. The van der Waals surface area contributed by atoms with E-state index in [1.54, 1.807) is 0 Å². The van der Waals surface area contributed by atoms with Crippen molar-refractivity contribution in [3.05, 3.63) is 0 Å². The van der Waals surface area contributed by atoms with Crippen LogP contribution < -0.4 is 5.32 Å². The highest BCUT2D eigenvalue weighted by Gasteiger charge is 2.34. The predicted octanol–water partition coefficient (Wildman–Crippen LogP) is 2.82. The lowest BCUT2D eigenvalue weighted by Crippen LogP contribution is -2.52. The first-order valence-corrected chi connectivity index (χ1v) is 8.46. The van der Waals surface area contributed by atoms with Gasteiger partial charge in [-0.05, 0) is 52.1 Å². The third-order valence-corrected chi connectivity index (χ3v) is 4.90. The Hall–Kier alpha value is -0.610. The lowest BCUT2D eigenvalue weighted by atomic mass is 9.86. The van der Waals surface area contributed by atoms with Crippen molar-refractivity contribution in [2.24, 2.45) is 5.92 Å². The van der Waals surface area contributed by atoms with Crippen molar-refractivity contribution in [1.82, 2.24) is 10.2 Å². The van der Waals surface area contributed by atoms with E-state index in [0.717, 1.165) is 31.8 Å². The molecule has 0 bridgehead atoms. The molecule has 1 saturated carbocycles. The fraction of sp³-hybridized carbons (Fsp3) is 0.941. The van der Waals surface area contributed by atoms with Crippen molar-refractivity contribution < 1.29 is 9.53 Å². The van der Waals surface area contributed by atoms with Gasteiger partial charge in [0.1, 0.15) is 5.54 Å². The van der Waals surface area contributed by atoms with E-state index < -0.39 is 5.54 Å². The zero-order chi connectivity index (χ0) is 15.9. The zero-order valence-electron chi connectivity index (χ0n) is 14.6. The molecule has 0 aromatic carbocycles. The van der Waals surface area contributed by atoms with E-state index >= 15 is 0 Å². The van der Waals surface area contributed by atoms with Crippen LogP contribution in [0.25, 0.3) is 0 Å². The van der Waals surface area contributed by atoms with Crippen LogP contribution in [0.5, 0.6) is 0 Å². The van der Waals surface area contributed by atoms with Crippen LogP contribution in [0.15, 0.2) is 0 Å². The van der Waals surface area contributed by atoms with Gasteiger partial charge in [-0.2, -0.15) is 0 Å². The van der Waals surface area contributed by atoms with E-state index in [4.69, 9.17) is 4.74 Å². The third kappa shape index (κ3) is 5.59. The van der Waals surface area contributed by atoms with E-state index in [9.17, 15) is 4.79 Å². The van der Waals surface area contributed by atoms with Gasteiger partial charge in [0, 0.05) is 12.6 Å². The van der Waals surface area contributed by atoms with Crippen LogP contribution in [-0.2, 0) is 9.53 Å². The Bertz CT molecular complexity index is 322. The Balaban J connectivity index is 2.53. The van der Waals surface area contributed by atoms with Gasteiger partial charge in [-0.25, -0.2) is 0 Å². The average Bonchev–Trinajstić information content (AvgIpc) is 2.49. The average molecular weight is 298 g/mol. The third-order valence-electron chi connectivity index (χ3n) is 4.90. The molecular weight excluding hydrogens is 264 g/mol. The highest BCUT2D eigenvalue weighted by molar-refractivity contribution is 5.80. The van der Waals surface area contributed by atoms with E-state index in [2.05, 4.69) is 31.1 Å². The van der Waals surface area contributed by atoms with E-state index in [0.29, 0.717) is 6.04 Å². The van der Waals surface area contributed by atoms with Gasteiger partial charge in [0.05, 0.1) is 7.11 Å². The smallest absolute Gasteiger partial charge is 0.325 e. The monoisotopic (exact) mass is 298 g/mol. The summed E-state index contributed by atoms with van der Waals surface area (Å²) in [6.45, 7) is 8.20. The van der Waals surface area contributed by atoms with Crippen molar-refractivity contribution >= 4 is 5.97 Å². The predicted molar refractivity (Wildman–Crippen MR) is 87.4 cm³/mol. The SMILES string of the molecule is CCCNC(C)(CCN(C)C1CCCC(C)C1)C(=O)OC. The van der Waals surface area contributed by atoms with E-state index in [-0.39, 0.29) is 5.97 Å². The second kappa shape index (κ2) is 8.74. The van der Waals surface area contributed by atoms with Gasteiger partial charge < -0.3 is 15.0 Å². The Morgan fingerprint density at radius 1 is 1.43 bits per heavy atom. The number of esters is 1. The molecule has 1 fully saturated rings. The maximum atomic E-state index is 12.1. The van der Waals surface area contributed by atoms with Crippen molar-refractivity contribution in [1.29, 1.82) is 0 Å². The number of hydrogen-bond donors (Lipinski definition) is 1. The summed E-state index contributed by atoms with van der Waals surface area (Å²) in [5.74, 6) is 0.678. The van der Waals surface area contributed by atoms with E-state index in [1.807, 2.05) is 6.92 Å². The molecule has 0 aromatic heterocycles. The van der Waals surface area contributed by atoms with Crippen LogP contribution in [0.1, 0.15) is 59.3 Å². The Kier molecular flexibility index (Phi) is 7.67. The largest absolute Gasteiger partial charge is 0.468 e. The topological polar surface area (TPSA) is 41.6 Å². The Morgan fingerprint density at radius 3 is 2.71 bits per heavy atom. The molecular formula is C17H34N2O2. The van der Waals surface area contributed by atoms with Gasteiger partial charge in [-0.15, -0.1) is 0 Å². The maximum Gasteiger partial charge on any atom is 0.325 e. The molecule has 0 radical (unpaired) electrons. The van der Waals surface area contributed by atoms with Crippen molar-refractivity contribution in [3.8, 4) is 0 Å². The number of hydrogen-bond acceptors (Lipinski definition) is 4. The molecule has 1 N–H and O–H groups in total. The van der Waals surface area contributed by atoms with Gasteiger partial charge in [0.15, 0.2) is 0 Å². The summed E-state index contributed by atoms with van der Waals surface area (Å²) in [4.78, 5) is 14.5. The summed E-state index contributed by atoms with van der Waals surface area (Å²) >= 11 is 0. The van der Waals surface area contributed by atoms with Gasteiger partial charge in [0.25, 0.3) is 0 Å². The van der Waals surface area contributed by atoms with Crippen LogP contribution in [-0.4, -0.2) is 49.7 Å². The molecule has 3 atom stereocenters. The molecule has 0 aromatic rings. The maximum absolute atomic E-state index is 12.1. The highest BCUT2D eigenvalue weighted by Crippen LogP contribution is 2.27. The molecule has 124 valence electrons. The molecule has 21 heavy (non-hydrogen) atoms. The summed E-state index contributed by atoms with van der Waals surface area (Å²) in [6, 6.07) is 0.668. The zero-order valence-corrected chi connectivity index (χ0v) is 14.6. The molecule has 0 spiro atoms. The number of rotatable bonds is 8. The molecule has 4 nitrogen and oxygen atoms in total. The Morgan fingerprint density at radius 2 is 2.14 bits per heavy atom. The molecule has 1 aliphatic carbocycles. The molecule has 0 heterocycles.